The highest BCUT2D eigenvalue weighted by Gasteiger charge is 2.39. The number of carbonyl (C=O) groups is 1. The number of hydrogen-bond donors (Lipinski definition) is 1. The first-order chi connectivity index (χ1) is 11.2. The van der Waals surface area contributed by atoms with E-state index in [2.05, 4.69) is 30.3 Å². The molecule has 0 saturated carbocycles. The van der Waals surface area contributed by atoms with Gasteiger partial charge in [0.05, 0.1) is 6.61 Å². The number of benzene rings is 2. The molecule has 1 saturated heterocycles. The number of likely N-dealkylation sites (tertiary alicyclic amines) is 1. The average Bonchev–Trinajstić information content (AvgIpc) is 2.92. The minimum absolute atomic E-state index is 0.229. The van der Waals surface area contributed by atoms with Crippen LogP contribution in [0.3, 0.4) is 0 Å². The number of nitrogens with zero attached hydrogens (tertiary/aromatic N) is 1. The number of rotatable bonds is 1. The maximum atomic E-state index is 11.3. The molecule has 4 nitrogen and oxygen atoms in total. The highest BCUT2D eigenvalue weighted by Crippen LogP contribution is 2.45. The Balaban J connectivity index is 1.78. The van der Waals surface area contributed by atoms with E-state index in [1.807, 2.05) is 18.2 Å². The molecule has 0 aliphatic carbocycles. The van der Waals surface area contributed by atoms with Gasteiger partial charge >= 0.3 is 6.09 Å². The number of hydrogen-bond acceptors (Lipinski definition) is 2. The first-order valence-corrected chi connectivity index (χ1v) is 8.03. The molecule has 0 aromatic heterocycles. The highest BCUT2D eigenvalue weighted by molar-refractivity contribution is 5.73. The molecule has 0 radical (unpaired) electrons. The van der Waals surface area contributed by atoms with Crippen molar-refractivity contribution < 1.29 is 14.6 Å². The number of fused-ring (bicyclic) bond motifs is 3. The smallest absolute Gasteiger partial charge is 0.407 e. The summed E-state index contributed by atoms with van der Waals surface area (Å²) in [6.45, 7) is 1.82. The third kappa shape index (κ3) is 2.44. The van der Waals surface area contributed by atoms with Crippen LogP contribution in [-0.2, 0) is 0 Å². The summed E-state index contributed by atoms with van der Waals surface area (Å²) in [5.41, 5.74) is 3.38. The fraction of sp³-hybridized carbons (Fsp3) is 0.316. The van der Waals surface area contributed by atoms with Crippen molar-refractivity contribution in [2.45, 2.75) is 12.3 Å². The van der Waals surface area contributed by atoms with Crippen LogP contribution < -0.4 is 4.74 Å². The van der Waals surface area contributed by atoms with Crippen molar-refractivity contribution in [3.8, 4) is 16.9 Å². The maximum Gasteiger partial charge on any atom is 0.407 e. The molecule has 4 heteroatoms. The second-order valence-electron chi connectivity index (χ2n) is 6.28. The van der Waals surface area contributed by atoms with Crippen LogP contribution in [0.15, 0.2) is 48.5 Å². The zero-order chi connectivity index (χ0) is 15.8. The normalized spacial score (nSPS) is 22.7. The summed E-state index contributed by atoms with van der Waals surface area (Å²) in [7, 11) is 0. The van der Waals surface area contributed by atoms with Gasteiger partial charge in [0.2, 0.25) is 0 Å². The van der Waals surface area contributed by atoms with Crippen LogP contribution in [0.4, 0.5) is 4.79 Å². The first kappa shape index (κ1) is 14.1. The summed E-state index contributed by atoms with van der Waals surface area (Å²) >= 11 is 0. The molecular formula is C19H19NO3. The zero-order valence-electron chi connectivity index (χ0n) is 12.8. The molecule has 1 N–H and O–H groups in total. The van der Waals surface area contributed by atoms with E-state index in [9.17, 15) is 9.90 Å². The van der Waals surface area contributed by atoms with Crippen molar-refractivity contribution in [3.63, 3.8) is 0 Å². The molecule has 0 bridgehead atoms. The van der Waals surface area contributed by atoms with Crippen LogP contribution in [-0.4, -0.2) is 35.8 Å². The largest absolute Gasteiger partial charge is 0.493 e. The molecule has 2 aromatic carbocycles. The summed E-state index contributed by atoms with van der Waals surface area (Å²) < 4.78 is 6.10. The molecule has 2 atom stereocenters. The summed E-state index contributed by atoms with van der Waals surface area (Å²) in [6, 6.07) is 16.4. The SMILES string of the molecule is O=C(O)N1CC2CCOc3c(-c4ccccc4)cccc3C2C1. The maximum absolute atomic E-state index is 11.3. The van der Waals surface area contributed by atoms with E-state index < -0.39 is 6.09 Å². The summed E-state index contributed by atoms with van der Waals surface area (Å²) in [5.74, 6) is 1.50. The van der Waals surface area contributed by atoms with Crippen molar-refractivity contribution in [1.29, 1.82) is 0 Å². The summed E-state index contributed by atoms with van der Waals surface area (Å²) in [4.78, 5) is 12.9. The molecule has 2 heterocycles. The van der Waals surface area contributed by atoms with Gasteiger partial charge < -0.3 is 14.7 Å². The van der Waals surface area contributed by atoms with Gasteiger partial charge in [-0.2, -0.15) is 0 Å². The lowest BCUT2D eigenvalue weighted by molar-refractivity contribution is 0.152. The summed E-state index contributed by atoms with van der Waals surface area (Å²) in [6.07, 6.45) is 0.0805. The molecule has 118 valence electrons. The van der Waals surface area contributed by atoms with E-state index >= 15 is 0 Å². The second kappa shape index (κ2) is 5.61. The molecule has 1 amide bonds. The van der Waals surface area contributed by atoms with Crippen molar-refractivity contribution in [2.75, 3.05) is 19.7 Å². The lowest BCUT2D eigenvalue weighted by atomic mass is 9.86. The molecule has 2 aliphatic heterocycles. The third-order valence-electron chi connectivity index (χ3n) is 4.98. The molecular weight excluding hydrogens is 290 g/mol. The van der Waals surface area contributed by atoms with E-state index in [0.29, 0.717) is 25.6 Å². The minimum Gasteiger partial charge on any atom is -0.493 e. The van der Waals surface area contributed by atoms with Crippen LogP contribution in [0.5, 0.6) is 5.75 Å². The van der Waals surface area contributed by atoms with Gasteiger partial charge in [0.15, 0.2) is 0 Å². The fourth-order valence-electron chi connectivity index (χ4n) is 3.84. The van der Waals surface area contributed by atoms with E-state index in [0.717, 1.165) is 28.9 Å². The van der Waals surface area contributed by atoms with Crippen molar-refractivity contribution >= 4 is 6.09 Å². The Morgan fingerprint density at radius 2 is 1.91 bits per heavy atom. The Morgan fingerprint density at radius 3 is 2.70 bits per heavy atom. The van der Waals surface area contributed by atoms with Gasteiger partial charge in [-0.15, -0.1) is 0 Å². The Labute approximate surface area is 135 Å². The second-order valence-corrected chi connectivity index (χ2v) is 6.28. The predicted octanol–water partition coefficient (Wildman–Crippen LogP) is 3.83. The lowest BCUT2D eigenvalue weighted by Crippen LogP contribution is -2.27. The monoisotopic (exact) mass is 309 g/mol. The highest BCUT2D eigenvalue weighted by atomic mass is 16.5. The predicted molar refractivity (Wildman–Crippen MR) is 87.8 cm³/mol. The first-order valence-electron chi connectivity index (χ1n) is 8.03. The topological polar surface area (TPSA) is 49.8 Å². The van der Waals surface area contributed by atoms with Gasteiger partial charge in [-0.25, -0.2) is 4.79 Å². The average molecular weight is 309 g/mol. The van der Waals surface area contributed by atoms with Crippen molar-refractivity contribution in [1.82, 2.24) is 4.90 Å². The quantitative estimate of drug-likeness (QED) is 0.871. The van der Waals surface area contributed by atoms with Crippen LogP contribution in [0.1, 0.15) is 17.9 Å². The summed E-state index contributed by atoms with van der Waals surface area (Å²) in [5, 5.41) is 9.31. The van der Waals surface area contributed by atoms with Crippen molar-refractivity contribution in [2.24, 2.45) is 5.92 Å². The molecule has 23 heavy (non-hydrogen) atoms. The lowest BCUT2D eigenvalue weighted by Gasteiger charge is -2.18. The fourth-order valence-corrected chi connectivity index (χ4v) is 3.84. The van der Waals surface area contributed by atoms with Crippen LogP contribution in [0.25, 0.3) is 11.1 Å². The van der Waals surface area contributed by atoms with Gasteiger partial charge in [0, 0.05) is 24.6 Å². The van der Waals surface area contributed by atoms with Gasteiger partial charge in [-0.05, 0) is 23.5 Å². The van der Waals surface area contributed by atoms with Gasteiger partial charge in [-0.3, -0.25) is 0 Å². The number of para-hydroxylation sites is 1. The van der Waals surface area contributed by atoms with Crippen LogP contribution >= 0.6 is 0 Å². The van der Waals surface area contributed by atoms with E-state index in [4.69, 9.17) is 4.74 Å². The Hall–Kier alpha value is -2.49. The van der Waals surface area contributed by atoms with Crippen LogP contribution in [0.2, 0.25) is 0 Å². The number of carboxylic acid groups (broad SMARTS) is 1. The van der Waals surface area contributed by atoms with Gasteiger partial charge in [0.25, 0.3) is 0 Å². The van der Waals surface area contributed by atoms with Gasteiger partial charge in [-0.1, -0.05) is 48.5 Å². The minimum atomic E-state index is -0.820. The Bertz CT molecular complexity index is 729. The van der Waals surface area contributed by atoms with Gasteiger partial charge in [0.1, 0.15) is 5.75 Å². The molecule has 2 aromatic rings. The molecule has 4 rings (SSSR count). The molecule has 1 fully saturated rings. The number of ether oxygens (including phenoxy) is 1. The van der Waals surface area contributed by atoms with E-state index in [1.54, 1.807) is 4.90 Å². The van der Waals surface area contributed by atoms with E-state index in [1.165, 1.54) is 0 Å². The third-order valence-corrected chi connectivity index (χ3v) is 4.98. The Kier molecular flexibility index (Phi) is 3.45. The van der Waals surface area contributed by atoms with Crippen molar-refractivity contribution in [3.05, 3.63) is 54.1 Å². The standard InChI is InChI=1S/C19H19NO3/c21-19(22)20-11-14-9-10-23-18-15(13-5-2-1-3-6-13)7-4-8-16(18)17(14)12-20/h1-8,14,17H,9-12H2,(H,21,22). The van der Waals surface area contributed by atoms with Crippen LogP contribution in [0, 0.1) is 5.92 Å². The molecule has 2 unspecified atom stereocenters. The zero-order valence-corrected chi connectivity index (χ0v) is 12.8. The van der Waals surface area contributed by atoms with E-state index in [-0.39, 0.29) is 5.92 Å². The number of amides is 1. The Morgan fingerprint density at radius 1 is 1.09 bits per heavy atom. The molecule has 2 aliphatic rings. The molecule has 0 spiro atoms.